The van der Waals surface area contributed by atoms with Crippen LogP contribution < -0.4 is 16.0 Å². The Morgan fingerprint density at radius 3 is 2.60 bits per heavy atom. The van der Waals surface area contributed by atoms with Crippen LogP contribution in [0.1, 0.15) is 29.5 Å². The van der Waals surface area contributed by atoms with Gasteiger partial charge in [-0.05, 0) is 37.6 Å². The maximum atomic E-state index is 11.9. The predicted octanol–water partition coefficient (Wildman–Crippen LogP) is 2.20. The summed E-state index contributed by atoms with van der Waals surface area (Å²) in [5.74, 6) is 1.68. The number of amides is 1. The molecule has 0 atom stereocenters. The number of aliphatic imine (C=N–C) groups is 1. The van der Waals surface area contributed by atoms with Gasteiger partial charge in [-0.1, -0.05) is 18.2 Å². The van der Waals surface area contributed by atoms with E-state index in [-0.39, 0.29) is 5.91 Å². The third-order valence-corrected chi connectivity index (χ3v) is 3.51. The Morgan fingerprint density at radius 1 is 1.04 bits per heavy atom. The normalized spacial score (nSPS) is 11.2. The Balaban J connectivity index is 1.65. The Labute approximate surface area is 148 Å². The lowest BCUT2D eigenvalue weighted by molar-refractivity contribution is 0.0953. The first-order chi connectivity index (χ1) is 12.3. The van der Waals surface area contributed by atoms with Gasteiger partial charge in [0, 0.05) is 38.2 Å². The van der Waals surface area contributed by atoms with E-state index in [2.05, 4.69) is 20.9 Å². The summed E-state index contributed by atoms with van der Waals surface area (Å²) in [7, 11) is 0. The molecule has 1 aromatic heterocycles. The van der Waals surface area contributed by atoms with Gasteiger partial charge < -0.3 is 20.4 Å². The molecule has 0 aliphatic heterocycles. The van der Waals surface area contributed by atoms with E-state index in [0.29, 0.717) is 18.7 Å². The van der Waals surface area contributed by atoms with Gasteiger partial charge in [0.05, 0.1) is 6.26 Å². The van der Waals surface area contributed by atoms with Gasteiger partial charge in [0.2, 0.25) is 0 Å². The van der Waals surface area contributed by atoms with Gasteiger partial charge in [-0.15, -0.1) is 0 Å². The molecule has 6 heteroatoms. The minimum Gasteiger partial charge on any atom is -0.469 e. The highest BCUT2D eigenvalue weighted by Gasteiger charge is 2.03. The fourth-order valence-electron chi connectivity index (χ4n) is 2.26. The zero-order valence-electron chi connectivity index (χ0n) is 14.6. The van der Waals surface area contributed by atoms with E-state index in [0.717, 1.165) is 37.7 Å². The second-order valence-electron chi connectivity index (χ2n) is 5.49. The van der Waals surface area contributed by atoms with Gasteiger partial charge in [0.1, 0.15) is 5.76 Å². The second kappa shape index (κ2) is 10.9. The Hall–Kier alpha value is -2.76. The lowest BCUT2D eigenvalue weighted by Gasteiger charge is -2.10. The van der Waals surface area contributed by atoms with Gasteiger partial charge in [0.25, 0.3) is 5.91 Å². The fourth-order valence-corrected chi connectivity index (χ4v) is 2.26. The molecule has 0 fully saturated rings. The third-order valence-electron chi connectivity index (χ3n) is 3.51. The molecule has 2 aromatic rings. The van der Waals surface area contributed by atoms with E-state index in [1.54, 1.807) is 18.4 Å². The van der Waals surface area contributed by atoms with Crippen molar-refractivity contribution in [3.05, 3.63) is 60.1 Å². The van der Waals surface area contributed by atoms with Crippen molar-refractivity contribution < 1.29 is 9.21 Å². The monoisotopic (exact) mass is 342 g/mol. The average Bonchev–Trinajstić information content (AvgIpc) is 3.15. The molecule has 0 saturated heterocycles. The van der Waals surface area contributed by atoms with Crippen LogP contribution in [0.3, 0.4) is 0 Å². The van der Waals surface area contributed by atoms with Crippen molar-refractivity contribution in [3.8, 4) is 0 Å². The number of hydrogen-bond acceptors (Lipinski definition) is 3. The van der Waals surface area contributed by atoms with Gasteiger partial charge in [-0.3, -0.25) is 9.79 Å². The van der Waals surface area contributed by atoms with Gasteiger partial charge >= 0.3 is 0 Å². The van der Waals surface area contributed by atoms with Crippen LogP contribution in [0.2, 0.25) is 0 Å². The summed E-state index contributed by atoms with van der Waals surface area (Å²) in [5, 5.41) is 9.39. The minimum absolute atomic E-state index is 0.0481. The summed E-state index contributed by atoms with van der Waals surface area (Å²) in [4.78, 5) is 16.4. The molecule has 3 N–H and O–H groups in total. The minimum atomic E-state index is -0.0481. The van der Waals surface area contributed by atoms with Crippen molar-refractivity contribution in [2.75, 3.05) is 26.2 Å². The molecule has 2 rings (SSSR count). The molecule has 0 aliphatic carbocycles. The molecule has 25 heavy (non-hydrogen) atoms. The molecule has 1 aromatic carbocycles. The van der Waals surface area contributed by atoms with Gasteiger partial charge in [-0.2, -0.15) is 0 Å². The van der Waals surface area contributed by atoms with Crippen molar-refractivity contribution in [1.29, 1.82) is 0 Å². The Kier molecular flexibility index (Phi) is 8.11. The van der Waals surface area contributed by atoms with Crippen LogP contribution in [0.15, 0.2) is 58.1 Å². The third kappa shape index (κ3) is 7.12. The number of nitrogens with zero attached hydrogens (tertiary/aromatic N) is 1. The van der Waals surface area contributed by atoms with E-state index >= 15 is 0 Å². The van der Waals surface area contributed by atoms with Crippen molar-refractivity contribution in [1.82, 2.24) is 16.0 Å². The Bertz CT molecular complexity index is 639. The van der Waals surface area contributed by atoms with Crippen molar-refractivity contribution in [3.63, 3.8) is 0 Å². The molecule has 1 amide bonds. The van der Waals surface area contributed by atoms with Crippen molar-refractivity contribution in [2.24, 2.45) is 4.99 Å². The largest absolute Gasteiger partial charge is 0.469 e. The zero-order chi connectivity index (χ0) is 17.7. The highest BCUT2D eigenvalue weighted by Crippen LogP contribution is 1.99. The molecular formula is C19H26N4O2. The fraction of sp³-hybridized carbons (Fsp3) is 0.368. The lowest BCUT2D eigenvalue weighted by Crippen LogP contribution is -2.38. The number of furan rings is 1. The van der Waals surface area contributed by atoms with Gasteiger partial charge in [0.15, 0.2) is 5.96 Å². The van der Waals surface area contributed by atoms with Crippen LogP contribution in [0.25, 0.3) is 0 Å². The quantitative estimate of drug-likeness (QED) is 0.371. The maximum Gasteiger partial charge on any atom is 0.251 e. The molecule has 0 bridgehead atoms. The number of hydrogen-bond donors (Lipinski definition) is 3. The van der Waals surface area contributed by atoms with Crippen LogP contribution in [0.4, 0.5) is 0 Å². The SMILES string of the molecule is CCNC(=NCCCNC(=O)c1ccccc1)NCCc1ccco1. The number of carbonyl (C=O) groups is 1. The van der Waals surface area contributed by atoms with Crippen molar-refractivity contribution in [2.45, 2.75) is 19.8 Å². The van der Waals surface area contributed by atoms with Crippen molar-refractivity contribution >= 4 is 11.9 Å². The molecule has 0 aliphatic rings. The van der Waals surface area contributed by atoms with Crippen LogP contribution in [-0.2, 0) is 6.42 Å². The van der Waals surface area contributed by atoms with Gasteiger partial charge in [-0.25, -0.2) is 0 Å². The van der Waals surface area contributed by atoms with Crippen LogP contribution in [0.5, 0.6) is 0 Å². The zero-order valence-corrected chi connectivity index (χ0v) is 14.6. The molecule has 0 radical (unpaired) electrons. The maximum absolute atomic E-state index is 11.9. The number of nitrogens with one attached hydrogen (secondary N) is 3. The highest BCUT2D eigenvalue weighted by atomic mass is 16.3. The Morgan fingerprint density at radius 2 is 1.88 bits per heavy atom. The molecule has 134 valence electrons. The summed E-state index contributed by atoms with van der Waals surface area (Å²) in [6, 6.07) is 13.1. The first-order valence-electron chi connectivity index (χ1n) is 8.67. The molecule has 6 nitrogen and oxygen atoms in total. The predicted molar refractivity (Wildman–Crippen MR) is 99.8 cm³/mol. The van der Waals surface area contributed by atoms with E-state index in [4.69, 9.17) is 4.42 Å². The smallest absolute Gasteiger partial charge is 0.251 e. The summed E-state index contributed by atoms with van der Waals surface area (Å²) < 4.78 is 5.31. The van der Waals surface area contributed by atoms with Crippen LogP contribution in [-0.4, -0.2) is 38.0 Å². The average molecular weight is 342 g/mol. The summed E-state index contributed by atoms with van der Waals surface area (Å²) in [6.45, 7) is 4.83. The number of guanidine groups is 1. The molecular weight excluding hydrogens is 316 g/mol. The summed E-state index contributed by atoms with van der Waals surface area (Å²) >= 11 is 0. The number of carbonyl (C=O) groups excluding carboxylic acids is 1. The topological polar surface area (TPSA) is 78.7 Å². The molecule has 0 saturated carbocycles. The molecule has 0 spiro atoms. The van der Waals surface area contributed by atoms with E-state index in [1.807, 2.05) is 37.3 Å². The number of benzene rings is 1. The summed E-state index contributed by atoms with van der Waals surface area (Å²) in [6.07, 6.45) is 3.27. The first kappa shape index (κ1) is 18.6. The van der Waals surface area contributed by atoms with Crippen LogP contribution >= 0.6 is 0 Å². The first-order valence-corrected chi connectivity index (χ1v) is 8.67. The van der Waals surface area contributed by atoms with Crippen LogP contribution in [0, 0.1) is 0 Å². The second-order valence-corrected chi connectivity index (χ2v) is 5.49. The van der Waals surface area contributed by atoms with E-state index < -0.39 is 0 Å². The van der Waals surface area contributed by atoms with E-state index in [9.17, 15) is 4.79 Å². The molecule has 1 heterocycles. The summed E-state index contributed by atoms with van der Waals surface area (Å²) in [5.41, 5.74) is 0.680. The van der Waals surface area contributed by atoms with E-state index in [1.165, 1.54) is 0 Å². The molecule has 0 unspecified atom stereocenters. The highest BCUT2D eigenvalue weighted by molar-refractivity contribution is 5.94. The lowest BCUT2D eigenvalue weighted by atomic mass is 10.2. The number of rotatable bonds is 9. The standard InChI is InChI=1S/C19H26N4O2/c1-2-20-19(23-14-11-17-10-6-15-25-17)22-13-7-12-21-18(24)16-8-4-3-5-9-16/h3-6,8-10,15H,2,7,11-14H2,1H3,(H,21,24)(H2,20,22,23).